The predicted molar refractivity (Wildman–Crippen MR) is 76.2 cm³/mol. The minimum atomic E-state index is 0.342. The Labute approximate surface area is 119 Å². The van der Waals surface area contributed by atoms with Crippen LogP contribution in [0, 0.1) is 0 Å². The molecule has 0 unspecified atom stereocenters. The molecule has 0 spiro atoms. The Morgan fingerprint density at radius 2 is 2.25 bits per heavy atom. The molecule has 6 heteroatoms. The molecule has 2 aromatic heterocycles. The van der Waals surface area contributed by atoms with Crippen LogP contribution < -0.4 is 5.32 Å². The van der Waals surface area contributed by atoms with Gasteiger partial charge in [-0.05, 0) is 38.2 Å². The third kappa shape index (κ3) is 3.07. The van der Waals surface area contributed by atoms with Gasteiger partial charge in [0.15, 0.2) is 0 Å². The van der Waals surface area contributed by atoms with Crippen LogP contribution in [-0.2, 0) is 25.9 Å². The van der Waals surface area contributed by atoms with E-state index in [9.17, 15) is 0 Å². The van der Waals surface area contributed by atoms with E-state index in [-0.39, 0.29) is 0 Å². The normalized spacial score (nSPS) is 16.6. The lowest BCUT2D eigenvalue weighted by Crippen LogP contribution is -2.30. The molecule has 20 heavy (non-hydrogen) atoms. The predicted octanol–water partition coefficient (Wildman–Crippen LogP) is 1.45. The molecule has 0 bridgehead atoms. The summed E-state index contributed by atoms with van der Waals surface area (Å²) in [6.07, 6.45) is 9.53. The van der Waals surface area contributed by atoms with Gasteiger partial charge in [-0.2, -0.15) is 10.2 Å². The van der Waals surface area contributed by atoms with Crippen LogP contribution in [0.2, 0.25) is 0 Å². The molecule has 0 saturated carbocycles. The summed E-state index contributed by atoms with van der Waals surface area (Å²) >= 11 is 0. The average Bonchev–Trinajstić information content (AvgIpc) is 3.02. The molecule has 2 N–H and O–H groups in total. The highest BCUT2D eigenvalue weighted by atomic mass is 15.3. The van der Waals surface area contributed by atoms with Gasteiger partial charge in [-0.1, -0.05) is 6.42 Å². The second-order valence-electron chi connectivity index (χ2n) is 5.59. The van der Waals surface area contributed by atoms with E-state index in [1.165, 1.54) is 42.6 Å². The van der Waals surface area contributed by atoms with Crippen molar-refractivity contribution in [3.05, 3.63) is 29.6 Å². The van der Waals surface area contributed by atoms with Crippen molar-refractivity contribution < 1.29 is 0 Å². The van der Waals surface area contributed by atoms with Gasteiger partial charge in [0.25, 0.3) is 0 Å². The highest BCUT2D eigenvalue weighted by Gasteiger charge is 2.15. The molecule has 0 radical (unpaired) electrons. The van der Waals surface area contributed by atoms with Gasteiger partial charge in [-0.25, -0.2) is 4.98 Å². The lowest BCUT2D eigenvalue weighted by atomic mass is 10.1. The minimum absolute atomic E-state index is 0.342. The Kier molecular flexibility index (Phi) is 4.11. The number of nitrogens with one attached hydrogen (secondary N) is 2. The number of H-pyrrole nitrogens is 1. The lowest BCUT2D eigenvalue weighted by molar-refractivity contribution is 0.447. The number of aromatic nitrogens is 5. The van der Waals surface area contributed by atoms with E-state index in [0.29, 0.717) is 6.04 Å². The number of aryl methyl sites for hydroxylation is 1. The van der Waals surface area contributed by atoms with Crippen LogP contribution in [-0.4, -0.2) is 31.0 Å². The van der Waals surface area contributed by atoms with Gasteiger partial charge in [0.05, 0.1) is 12.2 Å². The maximum Gasteiger partial charge on any atom is 0.137 e. The molecule has 3 rings (SSSR count). The van der Waals surface area contributed by atoms with Crippen molar-refractivity contribution in [2.75, 3.05) is 0 Å². The highest BCUT2D eigenvalue weighted by Crippen LogP contribution is 2.21. The first kappa shape index (κ1) is 13.3. The van der Waals surface area contributed by atoms with Crippen LogP contribution in [0.3, 0.4) is 0 Å². The van der Waals surface area contributed by atoms with Crippen LogP contribution in [0.15, 0.2) is 12.7 Å². The smallest absolute Gasteiger partial charge is 0.137 e. The first-order valence-corrected chi connectivity index (χ1v) is 7.43. The zero-order valence-electron chi connectivity index (χ0n) is 12.0. The molecule has 0 aliphatic heterocycles. The van der Waals surface area contributed by atoms with E-state index in [0.717, 1.165) is 19.5 Å². The second-order valence-corrected chi connectivity index (χ2v) is 5.59. The van der Waals surface area contributed by atoms with Crippen molar-refractivity contribution in [2.24, 2.45) is 0 Å². The standard InChI is InChI=1S/C14H22N6/c1-11(8-20-10-15-9-17-20)16-7-14-12-5-3-2-4-6-13(12)18-19-14/h9-11,16H,2-8H2,1H3,(H,18,19)/t11-/m1/s1. The van der Waals surface area contributed by atoms with Gasteiger partial charge in [0.2, 0.25) is 0 Å². The van der Waals surface area contributed by atoms with E-state index in [1.54, 1.807) is 12.7 Å². The van der Waals surface area contributed by atoms with Crippen molar-refractivity contribution in [1.82, 2.24) is 30.3 Å². The largest absolute Gasteiger partial charge is 0.307 e. The molecule has 0 aromatic carbocycles. The fourth-order valence-corrected chi connectivity index (χ4v) is 2.82. The quantitative estimate of drug-likeness (QED) is 0.810. The Morgan fingerprint density at radius 3 is 3.10 bits per heavy atom. The number of nitrogens with zero attached hydrogens (tertiary/aromatic N) is 4. The molecule has 1 aliphatic carbocycles. The molecular weight excluding hydrogens is 252 g/mol. The summed E-state index contributed by atoms with van der Waals surface area (Å²) in [7, 11) is 0. The summed E-state index contributed by atoms with van der Waals surface area (Å²) < 4.78 is 1.85. The SMILES string of the molecule is C[C@H](Cn1cncn1)NCc1n[nH]c2c1CCCCC2. The number of aromatic amines is 1. The van der Waals surface area contributed by atoms with Gasteiger partial charge < -0.3 is 5.32 Å². The van der Waals surface area contributed by atoms with E-state index in [4.69, 9.17) is 0 Å². The third-order valence-electron chi connectivity index (χ3n) is 3.94. The van der Waals surface area contributed by atoms with Crippen LogP contribution in [0.5, 0.6) is 0 Å². The third-order valence-corrected chi connectivity index (χ3v) is 3.94. The zero-order chi connectivity index (χ0) is 13.8. The second kappa shape index (κ2) is 6.17. The van der Waals surface area contributed by atoms with Crippen molar-refractivity contribution in [2.45, 2.75) is 58.2 Å². The summed E-state index contributed by atoms with van der Waals surface area (Å²) in [4.78, 5) is 3.96. The number of fused-ring (bicyclic) bond motifs is 1. The van der Waals surface area contributed by atoms with E-state index >= 15 is 0 Å². The summed E-state index contributed by atoms with van der Waals surface area (Å²) in [6.45, 7) is 3.81. The van der Waals surface area contributed by atoms with Crippen LogP contribution in [0.25, 0.3) is 0 Å². The first-order chi connectivity index (χ1) is 9.83. The summed E-state index contributed by atoms with van der Waals surface area (Å²) in [5.74, 6) is 0. The number of hydrogen-bond donors (Lipinski definition) is 2. The number of hydrogen-bond acceptors (Lipinski definition) is 4. The first-order valence-electron chi connectivity index (χ1n) is 7.43. The summed E-state index contributed by atoms with van der Waals surface area (Å²) in [5.41, 5.74) is 3.98. The topological polar surface area (TPSA) is 71.4 Å². The molecule has 0 saturated heterocycles. The monoisotopic (exact) mass is 274 g/mol. The molecule has 2 heterocycles. The van der Waals surface area contributed by atoms with Crippen molar-refractivity contribution in [1.29, 1.82) is 0 Å². The van der Waals surface area contributed by atoms with Crippen LogP contribution in [0.1, 0.15) is 43.1 Å². The molecule has 2 aromatic rings. The Bertz CT molecular complexity index is 530. The maximum absolute atomic E-state index is 4.49. The molecule has 0 amide bonds. The summed E-state index contributed by atoms with van der Waals surface area (Å²) in [6, 6.07) is 0.342. The molecule has 6 nitrogen and oxygen atoms in total. The van der Waals surface area contributed by atoms with Crippen LogP contribution in [0.4, 0.5) is 0 Å². The van der Waals surface area contributed by atoms with Gasteiger partial charge >= 0.3 is 0 Å². The minimum Gasteiger partial charge on any atom is -0.307 e. The van der Waals surface area contributed by atoms with Crippen molar-refractivity contribution in [3.63, 3.8) is 0 Å². The van der Waals surface area contributed by atoms with E-state index in [1.807, 2.05) is 4.68 Å². The molecule has 0 fully saturated rings. The zero-order valence-corrected chi connectivity index (χ0v) is 12.0. The molecule has 1 aliphatic rings. The number of rotatable bonds is 5. The lowest BCUT2D eigenvalue weighted by Gasteiger charge is -2.13. The van der Waals surface area contributed by atoms with Gasteiger partial charge in [-0.15, -0.1) is 0 Å². The van der Waals surface area contributed by atoms with Gasteiger partial charge in [-0.3, -0.25) is 9.78 Å². The fourth-order valence-electron chi connectivity index (χ4n) is 2.82. The van der Waals surface area contributed by atoms with Crippen molar-refractivity contribution >= 4 is 0 Å². The molecule has 1 atom stereocenters. The fraction of sp³-hybridized carbons (Fsp3) is 0.643. The molecule has 108 valence electrons. The van der Waals surface area contributed by atoms with Crippen molar-refractivity contribution in [3.8, 4) is 0 Å². The molecular formula is C14H22N6. The maximum atomic E-state index is 4.49. The Balaban J connectivity index is 1.57. The van der Waals surface area contributed by atoms with Crippen LogP contribution >= 0.6 is 0 Å². The van der Waals surface area contributed by atoms with Gasteiger partial charge in [0.1, 0.15) is 12.7 Å². The Hall–Kier alpha value is -1.69. The van der Waals surface area contributed by atoms with E-state index < -0.39 is 0 Å². The Morgan fingerprint density at radius 1 is 1.35 bits per heavy atom. The summed E-state index contributed by atoms with van der Waals surface area (Å²) in [5, 5.41) is 15.4. The average molecular weight is 274 g/mol. The van der Waals surface area contributed by atoms with E-state index in [2.05, 4.69) is 32.5 Å². The van der Waals surface area contributed by atoms with Gasteiger partial charge in [0, 0.05) is 18.3 Å². The highest BCUT2D eigenvalue weighted by molar-refractivity contribution is 5.26.